The van der Waals surface area contributed by atoms with E-state index < -0.39 is 11.7 Å². The maximum atomic E-state index is 12.9. The molecule has 1 aromatic carbocycles. The molecule has 2 aliphatic heterocycles. The van der Waals surface area contributed by atoms with Crippen molar-refractivity contribution in [2.45, 2.75) is 25.1 Å². The standard InChI is InChI=1S/C17H21ClF3N3O2/c18-14-4-3-12(17(19,20)21)10-15(14)23-5-7-24(8-6-23)16(25)22-11-13-2-1-9-26-13/h3-4,10,13H,1-2,5-9,11H2,(H,22,25). The molecule has 0 bridgehead atoms. The molecule has 3 rings (SSSR count). The Bertz CT molecular complexity index is 643. The first-order valence-corrected chi connectivity index (χ1v) is 8.98. The minimum atomic E-state index is -4.41. The van der Waals surface area contributed by atoms with Crippen LogP contribution < -0.4 is 10.2 Å². The van der Waals surface area contributed by atoms with Crippen molar-refractivity contribution >= 4 is 23.3 Å². The molecule has 0 radical (unpaired) electrons. The van der Waals surface area contributed by atoms with Crippen molar-refractivity contribution in [3.63, 3.8) is 0 Å². The predicted molar refractivity (Wildman–Crippen MR) is 92.6 cm³/mol. The van der Waals surface area contributed by atoms with Gasteiger partial charge in [0.1, 0.15) is 0 Å². The summed E-state index contributed by atoms with van der Waals surface area (Å²) in [7, 11) is 0. The van der Waals surface area contributed by atoms with Crippen LogP contribution in [0.25, 0.3) is 0 Å². The number of urea groups is 1. The number of halogens is 4. The lowest BCUT2D eigenvalue weighted by Gasteiger charge is -2.36. The quantitative estimate of drug-likeness (QED) is 0.859. The Kier molecular flexibility index (Phi) is 5.82. The summed E-state index contributed by atoms with van der Waals surface area (Å²) < 4.78 is 44.2. The van der Waals surface area contributed by atoms with Gasteiger partial charge in [0, 0.05) is 39.3 Å². The third-order valence-electron chi connectivity index (χ3n) is 4.69. The van der Waals surface area contributed by atoms with Gasteiger partial charge in [-0.1, -0.05) is 11.6 Å². The van der Waals surface area contributed by atoms with Gasteiger partial charge in [-0.05, 0) is 31.0 Å². The summed E-state index contributed by atoms with van der Waals surface area (Å²) in [5.41, 5.74) is -0.380. The Balaban J connectivity index is 1.55. The van der Waals surface area contributed by atoms with Crippen molar-refractivity contribution < 1.29 is 22.7 Å². The first kappa shape index (κ1) is 19.1. The lowest BCUT2D eigenvalue weighted by Crippen LogP contribution is -2.52. The van der Waals surface area contributed by atoms with E-state index in [4.69, 9.17) is 16.3 Å². The topological polar surface area (TPSA) is 44.8 Å². The van der Waals surface area contributed by atoms with Crippen LogP contribution in [0.5, 0.6) is 0 Å². The molecule has 5 nitrogen and oxygen atoms in total. The zero-order chi connectivity index (χ0) is 18.7. The zero-order valence-corrected chi connectivity index (χ0v) is 14.9. The average molecular weight is 392 g/mol. The Hall–Kier alpha value is -1.67. The van der Waals surface area contributed by atoms with Gasteiger partial charge in [-0.25, -0.2) is 4.79 Å². The summed E-state index contributed by atoms with van der Waals surface area (Å²) in [5.74, 6) is 0. The highest BCUT2D eigenvalue weighted by Gasteiger charge is 2.32. The largest absolute Gasteiger partial charge is 0.416 e. The van der Waals surface area contributed by atoms with E-state index in [2.05, 4.69) is 5.32 Å². The summed E-state index contributed by atoms with van der Waals surface area (Å²) in [5, 5.41) is 3.13. The second-order valence-electron chi connectivity index (χ2n) is 6.46. The van der Waals surface area contributed by atoms with E-state index in [1.807, 2.05) is 0 Å². The number of piperazine rings is 1. The van der Waals surface area contributed by atoms with Crippen molar-refractivity contribution in [1.29, 1.82) is 0 Å². The van der Waals surface area contributed by atoms with Crippen LogP contribution in [0.2, 0.25) is 5.02 Å². The second-order valence-corrected chi connectivity index (χ2v) is 6.87. The third kappa shape index (κ3) is 4.54. The van der Waals surface area contributed by atoms with E-state index in [9.17, 15) is 18.0 Å². The molecule has 144 valence electrons. The SMILES string of the molecule is O=C(NCC1CCCO1)N1CCN(c2cc(C(F)(F)F)ccc2Cl)CC1. The van der Waals surface area contributed by atoms with Crippen molar-refractivity contribution in [3.8, 4) is 0 Å². The van der Waals surface area contributed by atoms with Crippen LogP contribution in [0.4, 0.5) is 23.7 Å². The van der Waals surface area contributed by atoms with Crippen LogP contribution in [-0.2, 0) is 10.9 Å². The molecule has 9 heteroatoms. The first-order chi connectivity index (χ1) is 12.3. The molecule has 2 heterocycles. The molecule has 1 N–H and O–H groups in total. The van der Waals surface area contributed by atoms with E-state index in [0.29, 0.717) is 38.4 Å². The number of rotatable bonds is 3. The Morgan fingerprint density at radius 1 is 1.27 bits per heavy atom. The zero-order valence-electron chi connectivity index (χ0n) is 14.2. The lowest BCUT2D eigenvalue weighted by atomic mass is 10.1. The van der Waals surface area contributed by atoms with Gasteiger partial charge in [0.2, 0.25) is 0 Å². The number of nitrogens with zero attached hydrogens (tertiary/aromatic N) is 2. The number of carbonyl (C=O) groups excluding carboxylic acids is 1. The summed E-state index contributed by atoms with van der Waals surface area (Å²) in [4.78, 5) is 15.7. The highest BCUT2D eigenvalue weighted by molar-refractivity contribution is 6.33. The first-order valence-electron chi connectivity index (χ1n) is 8.60. The normalized spacial score (nSPS) is 21.2. The van der Waals surface area contributed by atoms with Crippen LogP contribution in [0.15, 0.2) is 18.2 Å². The summed E-state index contributed by atoms with van der Waals surface area (Å²) in [6, 6.07) is 3.13. The second kappa shape index (κ2) is 7.92. The molecule has 2 saturated heterocycles. The molecule has 0 saturated carbocycles. The molecule has 0 aromatic heterocycles. The molecular formula is C17H21ClF3N3O2. The Labute approximate surface area is 155 Å². The Morgan fingerprint density at radius 3 is 2.62 bits per heavy atom. The van der Waals surface area contributed by atoms with Gasteiger partial charge in [-0.2, -0.15) is 13.2 Å². The Morgan fingerprint density at radius 2 is 2.00 bits per heavy atom. The molecule has 1 unspecified atom stereocenters. The molecular weight excluding hydrogens is 371 g/mol. The smallest absolute Gasteiger partial charge is 0.376 e. The summed E-state index contributed by atoms with van der Waals surface area (Å²) in [6.07, 6.45) is -2.38. The van der Waals surface area contributed by atoms with Gasteiger partial charge in [0.05, 0.1) is 22.4 Å². The van der Waals surface area contributed by atoms with Gasteiger partial charge < -0.3 is 19.9 Å². The van der Waals surface area contributed by atoms with E-state index in [0.717, 1.165) is 31.6 Å². The van der Waals surface area contributed by atoms with Gasteiger partial charge in [0.15, 0.2) is 0 Å². The fraction of sp³-hybridized carbons (Fsp3) is 0.588. The van der Waals surface area contributed by atoms with Crippen molar-refractivity contribution in [3.05, 3.63) is 28.8 Å². The molecule has 0 aliphatic carbocycles. The average Bonchev–Trinajstić information content (AvgIpc) is 3.13. The fourth-order valence-electron chi connectivity index (χ4n) is 3.20. The molecule has 2 fully saturated rings. The number of hydrogen-bond acceptors (Lipinski definition) is 3. The third-order valence-corrected chi connectivity index (χ3v) is 5.01. The van der Waals surface area contributed by atoms with Crippen molar-refractivity contribution in [1.82, 2.24) is 10.2 Å². The maximum absolute atomic E-state index is 12.9. The molecule has 1 atom stereocenters. The number of amides is 2. The van der Waals surface area contributed by atoms with Crippen LogP contribution in [0.1, 0.15) is 18.4 Å². The van der Waals surface area contributed by atoms with Gasteiger partial charge in [-0.3, -0.25) is 0 Å². The molecule has 26 heavy (non-hydrogen) atoms. The number of ether oxygens (including phenoxy) is 1. The number of nitrogens with one attached hydrogen (secondary N) is 1. The van der Waals surface area contributed by atoms with Crippen LogP contribution in [-0.4, -0.2) is 56.4 Å². The van der Waals surface area contributed by atoms with Gasteiger partial charge in [0.25, 0.3) is 0 Å². The lowest BCUT2D eigenvalue weighted by molar-refractivity contribution is -0.137. The van der Waals surface area contributed by atoms with Gasteiger partial charge in [-0.15, -0.1) is 0 Å². The van der Waals surface area contributed by atoms with Crippen LogP contribution in [0.3, 0.4) is 0 Å². The minimum Gasteiger partial charge on any atom is -0.376 e. The van der Waals surface area contributed by atoms with E-state index >= 15 is 0 Å². The highest BCUT2D eigenvalue weighted by atomic mass is 35.5. The van der Waals surface area contributed by atoms with Crippen LogP contribution in [0, 0.1) is 0 Å². The monoisotopic (exact) mass is 391 g/mol. The van der Waals surface area contributed by atoms with E-state index in [-0.39, 0.29) is 17.2 Å². The number of hydrogen-bond donors (Lipinski definition) is 1. The van der Waals surface area contributed by atoms with E-state index in [1.165, 1.54) is 6.07 Å². The number of anilines is 1. The molecule has 1 aromatic rings. The minimum absolute atomic E-state index is 0.0733. The fourth-order valence-corrected chi connectivity index (χ4v) is 3.44. The number of alkyl halides is 3. The number of benzene rings is 1. The van der Waals surface area contributed by atoms with Crippen molar-refractivity contribution in [2.24, 2.45) is 0 Å². The summed E-state index contributed by atoms with van der Waals surface area (Å²) >= 11 is 6.09. The highest BCUT2D eigenvalue weighted by Crippen LogP contribution is 2.35. The molecule has 2 aliphatic rings. The molecule has 0 spiro atoms. The van der Waals surface area contributed by atoms with Crippen molar-refractivity contribution in [2.75, 3.05) is 44.2 Å². The maximum Gasteiger partial charge on any atom is 0.416 e. The predicted octanol–water partition coefficient (Wildman–Crippen LogP) is 3.37. The van der Waals surface area contributed by atoms with Gasteiger partial charge >= 0.3 is 12.2 Å². The molecule has 2 amide bonds. The number of carbonyl (C=O) groups is 1. The van der Waals surface area contributed by atoms with E-state index in [1.54, 1.807) is 9.80 Å². The summed E-state index contributed by atoms with van der Waals surface area (Å²) in [6.45, 7) is 2.91. The van der Waals surface area contributed by atoms with Crippen LogP contribution >= 0.6 is 11.6 Å².